The molecule has 0 spiro atoms. The minimum Gasteiger partial charge on any atom is -0.459 e. The lowest BCUT2D eigenvalue weighted by Crippen LogP contribution is -2.15. The first-order valence-corrected chi connectivity index (χ1v) is 25.0. The summed E-state index contributed by atoms with van der Waals surface area (Å²) in [5.74, 6) is 1.14. The molecule has 6 aromatic carbocycles. The van der Waals surface area contributed by atoms with Gasteiger partial charge in [0.1, 0.15) is 24.0 Å². The Morgan fingerprint density at radius 3 is 1.47 bits per heavy atom. The van der Waals surface area contributed by atoms with Gasteiger partial charge in [-0.25, -0.2) is 14.6 Å². The average molecular weight is 1070 g/mol. The van der Waals surface area contributed by atoms with Crippen LogP contribution < -0.4 is 0 Å². The molecule has 0 radical (unpaired) electrons. The van der Waals surface area contributed by atoms with E-state index in [1.165, 1.54) is 18.5 Å². The molecular formula is C57H38N12O9S. The maximum absolute atomic E-state index is 12.6. The Labute approximate surface area is 450 Å². The van der Waals surface area contributed by atoms with Crippen molar-refractivity contribution >= 4 is 23.5 Å². The van der Waals surface area contributed by atoms with Crippen molar-refractivity contribution in [1.82, 2.24) is 60.1 Å². The minimum absolute atomic E-state index is 0.0239. The maximum Gasteiger partial charge on any atom is 0.380 e. The standard InChI is InChI=1S/C57H38N12O9S/c1-32(2)56(70)72-22-23-73-57(71)50-63-51(75-68-50)39-20-10-18-37(27-39)48-61-53(77-66-48)42-29-41(52-60-47(65-76-52)36-17-9-16-35(26-36)46-59-45(74-64-46)25-34-14-7-4-8-15-34)30-43(31-42)54-62-49(67-78-54)38-19-11-21-40(28-38)55-58-44(69-79-55)24-33-12-5-3-6-13-33/h3-21,26-31H,1,22-25H2,2H3. The Hall–Kier alpha value is -10.7. The van der Waals surface area contributed by atoms with Gasteiger partial charge in [0.2, 0.25) is 29.2 Å². The van der Waals surface area contributed by atoms with E-state index in [2.05, 4.69) is 46.7 Å². The third-order valence-corrected chi connectivity index (χ3v) is 12.7. The van der Waals surface area contributed by atoms with Gasteiger partial charge in [-0.15, -0.1) is 0 Å². The predicted octanol–water partition coefficient (Wildman–Crippen LogP) is 10.9. The first kappa shape index (κ1) is 49.2. The first-order valence-electron chi connectivity index (χ1n) is 24.3. The van der Waals surface area contributed by atoms with Crippen LogP contribution in [0.5, 0.6) is 0 Å². The SMILES string of the molecule is C=C(C)C(=O)OCCOC(=O)c1noc(-c2cccc(-c3noc(-c4cc(-c5nc(-c6cccc(-c7noc(Cc8ccccc8)n7)c6)no5)cc(-c5nc(-c6cccc(-c7nc(Cc8ccccc8)ns7)c6)no5)c4)n3)c2)n1. The molecule has 12 aromatic rings. The molecule has 22 heteroatoms. The van der Waals surface area contributed by atoms with Gasteiger partial charge in [-0.05, 0) is 77.2 Å². The molecule has 0 amide bonds. The van der Waals surface area contributed by atoms with Crippen molar-refractivity contribution in [3.05, 3.63) is 192 Å². The second kappa shape index (κ2) is 21.8. The Morgan fingerprint density at radius 1 is 0.456 bits per heavy atom. The largest absolute Gasteiger partial charge is 0.459 e. The molecule has 0 bridgehead atoms. The summed E-state index contributed by atoms with van der Waals surface area (Å²) < 4.78 is 43.5. The molecule has 6 aromatic heterocycles. The molecule has 0 saturated heterocycles. The number of hydrogen-bond acceptors (Lipinski definition) is 22. The number of aromatic nitrogens is 12. The highest BCUT2D eigenvalue weighted by Gasteiger charge is 2.23. The third kappa shape index (κ3) is 11.2. The van der Waals surface area contributed by atoms with Crippen molar-refractivity contribution in [2.24, 2.45) is 0 Å². The summed E-state index contributed by atoms with van der Waals surface area (Å²) in [4.78, 5) is 52.3. The van der Waals surface area contributed by atoms with Gasteiger partial charge in [0, 0.05) is 62.1 Å². The fourth-order valence-electron chi connectivity index (χ4n) is 8.07. The van der Waals surface area contributed by atoms with Gasteiger partial charge < -0.3 is 32.1 Å². The van der Waals surface area contributed by atoms with Crippen molar-refractivity contribution in [3.63, 3.8) is 0 Å². The molecule has 0 unspecified atom stereocenters. The van der Waals surface area contributed by atoms with E-state index >= 15 is 0 Å². The number of esters is 2. The predicted molar refractivity (Wildman–Crippen MR) is 283 cm³/mol. The van der Waals surface area contributed by atoms with E-state index < -0.39 is 11.9 Å². The lowest BCUT2D eigenvalue weighted by Gasteiger charge is -2.04. The molecule has 0 fully saturated rings. The number of ether oxygens (including phenoxy) is 2. The molecule has 79 heavy (non-hydrogen) atoms. The second-order valence-electron chi connectivity index (χ2n) is 17.6. The van der Waals surface area contributed by atoms with Crippen LogP contribution in [0.2, 0.25) is 0 Å². The number of benzene rings is 6. The molecule has 0 aliphatic heterocycles. The van der Waals surface area contributed by atoms with Crippen LogP contribution in [0, 0.1) is 0 Å². The van der Waals surface area contributed by atoms with Crippen molar-refractivity contribution in [2.75, 3.05) is 13.2 Å². The minimum atomic E-state index is -0.870. The van der Waals surface area contributed by atoms with E-state index in [0.717, 1.165) is 27.5 Å². The second-order valence-corrected chi connectivity index (χ2v) is 18.4. The summed E-state index contributed by atoms with van der Waals surface area (Å²) in [6, 6.07) is 47.3. The van der Waals surface area contributed by atoms with Gasteiger partial charge in [0.25, 0.3) is 29.4 Å². The van der Waals surface area contributed by atoms with Crippen molar-refractivity contribution in [1.29, 1.82) is 0 Å². The topological polar surface area (TPSA) is 273 Å². The molecule has 0 aliphatic carbocycles. The van der Waals surface area contributed by atoms with Gasteiger partial charge >= 0.3 is 11.9 Å². The van der Waals surface area contributed by atoms with Crippen LogP contribution in [0.1, 0.15) is 40.4 Å². The van der Waals surface area contributed by atoms with E-state index in [0.29, 0.717) is 80.7 Å². The molecule has 6 heterocycles. The number of carbonyl (C=O) groups excluding carboxylic acids is 2. The zero-order valence-electron chi connectivity index (χ0n) is 41.4. The average Bonchev–Trinajstić information content (AvgIpc) is 4.38. The van der Waals surface area contributed by atoms with E-state index in [1.807, 2.05) is 109 Å². The number of carbonyl (C=O) groups is 2. The van der Waals surface area contributed by atoms with Gasteiger partial charge in [-0.3, -0.25) is 0 Å². The Morgan fingerprint density at radius 2 is 0.899 bits per heavy atom. The summed E-state index contributed by atoms with van der Waals surface area (Å²) in [6.07, 6.45) is 1.11. The quantitative estimate of drug-likeness (QED) is 0.0439. The molecular weight excluding hydrogens is 1030 g/mol. The van der Waals surface area contributed by atoms with Crippen molar-refractivity contribution in [2.45, 2.75) is 19.8 Å². The highest BCUT2D eigenvalue weighted by Crippen LogP contribution is 2.36. The molecule has 0 saturated carbocycles. The zero-order chi connectivity index (χ0) is 53.7. The fraction of sp³-hybridized carbons (Fsp3) is 0.0877. The molecule has 0 aliphatic rings. The van der Waals surface area contributed by atoms with E-state index in [9.17, 15) is 9.59 Å². The normalized spacial score (nSPS) is 11.2. The fourth-order valence-corrected chi connectivity index (χ4v) is 8.74. The number of hydrogen-bond donors (Lipinski definition) is 0. The first-order chi connectivity index (χ1) is 38.7. The van der Waals surface area contributed by atoms with Crippen LogP contribution in [0.4, 0.5) is 0 Å². The van der Waals surface area contributed by atoms with Crippen LogP contribution in [0.15, 0.2) is 186 Å². The molecule has 21 nitrogen and oxygen atoms in total. The summed E-state index contributed by atoms with van der Waals surface area (Å²) >= 11 is 1.32. The molecule has 0 atom stereocenters. The highest BCUT2D eigenvalue weighted by atomic mass is 32.1. The van der Waals surface area contributed by atoms with Crippen LogP contribution in [-0.4, -0.2) is 85.2 Å². The van der Waals surface area contributed by atoms with Crippen LogP contribution in [-0.2, 0) is 27.1 Å². The van der Waals surface area contributed by atoms with Gasteiger partial charge in [0.15, 0.2) is 0 Å². The molecule has 0 N–H and O–H groups in total. The van der Waals surface area contributed by atoms with Crippen molar-refractivity contribution < 1.29 is 41.7 Å². The third-order valence-electron chi connectivity index (χ3n) is 11.9. The summed E-state index contributed by atoms with van der Waals surface area (Å²) in [7, 11) is 0. The van der Waals surface area contributed by atoms with E-state index in [1.54, 1.807) is 42.5 Å². The monoisotopic (exact) mass is 1070 g/mol. The smallest absolute Gasteiger partial charge is 0.380 e. The lowest BCUT2D eigenvalue weighted by molar-refractivity contribution is -0.140. The van der Waals surface area contributed by atoms with Gasteiger partial charge in [-0.2, -0.15) is 29.3 Å². The summed E-state index contributed by atoms with van der Waals surface area (Å²) in [5.41, 5.74) is 7.63. The molecule has 386 valence electrons. The number of nitrogens with zero attached hydrogens (tertiary/aromatic N) is 12. The van der Waals surface area contributed by atoms with Gasteiger partial charge in [-0.1, -0.05) is 136 Å². The Bertz CT molecular complexity index is 3980. The highest BCUT2D eigenvalue weighted by molar-refractivity contribution is 7.09. The van der Waals surface area contributed by atoms with Crippen LogP contribution in [0.3, 0.4) is 0 Å². The molecule has 12 rings (SSSR count). The van der Waals surface area contributed by atoms with Gasteiger partial charge in [0.05, 0.1) is 6.42 Å². The Kier molecular flexibility index (Phi) is 13.6. The van der Waals surface area contributed by atoms with Crippen molar-refractivity contribution in [3.8, 4) is 102 Å². The maximum atomic E-state index is 12.6. The summed E-state index contributed by atoms with van der Waals surface area (Å²) in [5, 5.41) is 21.8. The van der Waals surface area contributed by atoms with E-state index in [4.69, 9.17) is 52.0 Å². The van der Waals surface area contributed by atoms with Crippen LogP contribution in [0.25, 0.3) is 102 Å². The number of rotatable bonds is 18. The lowest BCUT2D eigenvalue weighted by atomic mass is 10.0. The summed E-state index contributed by atoms with van der Waals surface area (Å²) in [6.45, 7) is 4.63. The zero-order valence-corrected chi connectivity index (χ0v) is 42.2. The Balaban J connectivity index is 0.831. The van der Waals surface area contributed by atoms with Crippen LogP contribution >= 0.6 is 11.5 Å². The van der Waals surface area contributed by atoms with E-state index in [-0.39, 0.29) is 54.0 Å².